The summed E-state index contributed by atoms with van der Waals surface area (Å²) in [6.07, 6.45) is 6.28. The van der Waals surface area contributed by atoms with Crippen molar-refractivity contribution >= 4 is 23.0 Å². The topological polar surface area (TPSA) is 42.5 Å². The van der Waals surface area contributed by atoms with Gasteiger partial charge >= 0.3 is 0 Å². The summed E-state index contributed by atoms with van der Waals surface area (Å²) in [6.45, 7) is 3.13. The van der Waals surface area contributed by atoms with Crippen LogP contribution in [0.2, 0.25) is 0 Å². The van der Waals surface area contributed by atoms with Gasteiger partial charge in [0, 0.05) is 18.3 Å². The van der Waals surface area contributed by atoms with E-state index < -0.39 is 0 Å². The Labute approximate surface area is 133 Å². The number of hydrogen-bond donors (Lipinski definition) is 2. The van der Waals surface area contributed by atoms with Gasteiger partial charge < -0.3 is 20.1 Å². The Hall–Kier alpha value is -1.49. The summed E-state index contributed by atoms with van der Waals surface area (Å²) in [7, 11) is 3.24. The molecular formula is C16H26N2O2S. The van der Waals surface area contributed by atoms with Crippen LogP contribution < -0.4 is 20.1 Å². The predicted octanol–water partition coefficient (Wildman–Crippen LogP) is 3.96. The van der Waals surface area contributed by atoms with Crippen LogP contribution >= 0.6 is 12.2 Å². The average Bonchev–Trinajstić information content (AvgIpc) is 2.50. The van der Waals surface area contributed by atoms with Crippen molar-refractivity contribution in [2.24, 2.45) is 0 Å². The first-order chi connectivity index (χ1) is 10.2. The highest BCUT2D eigenvalue weighted by Gasteiger charge is 2.05. The van der Waals surface area contributed by atoms with E-state index in [0.29, 0.717) is 16.6 Å². The summed E-state index contributed by atoms with van der Waals surface area (Å²) in [6, 6.07) is 5.64. The smallest absolute Gasteiger partial charge is 0.170 e. The van der Waals surface area contributed by atoms with E-state index in [1.165, 1.54) is 25.7 Å². The van der Waals surface area contributed by atoms with Crippen LogP contribution in [0.15, 0.2) is 18.2 Å². The Kier molecular flexibility index (Phi) is 8.59. The third-order valence-electron chi connectivity index (χ3n) is 3.21. The molecule has 5 heteroatoms. The number of benzene rings is 1. The van der Waals surface area contributed by atoms with Gasteiger partial charge in [0.15, 0.2) is 16.6 Å². The van der Waals surface area contributed by atoms with E-state index in [1.54, 1.807) is 14.2 Å². The molecule has 0 amide bonds. The van der Waals surface area contributed by atoms with Gasteiger partial charge in [-0.25, -0.2) is 0 Å². The lowest BCUT2D eigenvalue weighted by Gasteiger charge is -2.13. The molecule has 0 fully saturated rings. The number of rotatable bonds is 9. The van der Waals surface area contributed by atoms with Gasteiger partial charge in [-0.2, -0.15) is 0 Å². The van der Waals surface area contributed by atoms with E-state index in [0.717, 1.165) is 18.7 Å². The predicted molar refractivity (Wildman–Crippen MR) is 92.5 cm³/mol. The van der Waals surface area contributed by atoms with Crippen molar-refractivity contribution in [1.82, 2.24) is 5.32 Å². The highest BCUT2D eigenvalue weighted by atomic mass is 32.1. The van der Waals surface area contributed by atoms with Gasteiger partial charge in [-0.3, -0.25) is 0 Å². The van der Waals surface area contributed by atoms with Gasteiger partial charge in [-0.05, 0) is 30.8 Å². The van der Waals surface area contributed by atoms with Crippen molar-refractivity contribution in [2.75, 3.05) is 26.1 Å². The van der Waals surface area contributed by atoms with E-state index in [4.69, 9.17) is 21.7 Å². The number of nitrogens with one attached hydrogen (secondary N) is 2. The first kappa shape index (κ1) is 17.6. The van der Waals surface area contributed by atoms with E-state index in [1.807, 2.05) is 18.2 Å². The van der Waals surface area contributed by atoms with Crippen LogP contribution in [0.1, 0.15) is 39.0 Å². The highest BCUT2D eigenvalue weighted by molar-refractivity contribution is 7.80. The van der Waals surface area contributed by atoms with Crippen LogP contribution in [0.3, 0.4) is 0 Å². The molecule has 0 unspecified atom stereocenters. The molecule has 4 nitrogen and oxygen atoms in total. The molecule has 0 saturated carbocycles. The second-order valence-electron chi connectivity index (χ2n) is 4.86. The Bertz CT molecular complexity index is 438. The molecule has 1 aromatic carbocycles. The Morgan fingerprint density at radius 2 is 1.76 bits per heavy atom. The number of hydrogen-bond acceptors (Lipinski definition) is 3. The molecule has 118 valence electrons. The standard InChI is InChI=1S/C16H26N2O2S/c1-4-5-6-7-8-11-17-16(21)18-13-9-10-14(19-2)15(12-13)20-3/h9-10,12H,4-8,11H2,1-3H3,(H2,17,18,21). The maximum atomic E-state index is 5.28. The minimum Gasteiger partial charge on any atom is -0.493 e. The number of anilines is 1. The quantitative estimate of drug-likeness (QED) is 0.534. The molecule has 21 heavy (non-hydrogen) atoms. The summed E-state index contributed by atoms with van der Waals surface area (Å²) in [5, 5.41) is 7.01. The second-order valence-corrected chi connectivity index (χ2v) is 5.27. The number of methoxy groups -OCH3 is 2. The van der Waals surface area contributed by atoms with E-state index in [2.05, 4.69) is 17.6 Å². The van der Waals surface area contributed by atoms with E-state index in [-0.39, 0.29) is 0 Å². The average molecular weight is 310 g/mol. The van der Waals surface area contributed by atoms with Crippen molar-refractivity contribution in [3.05, 3.63) is 18.2 Å². The summed E-state index contributed by atoms with van der Waals surface area (Å²) >= 11 is 5.28. The lowest BCUT2D eigenvalue weighted by Crippen LogP contribution is -2.29. The molecule has 0 spiro atoms. The molecule has 0 aromatic heterocycles. The summed E-state index contributed by atoms with van der Waals surface area (Å²) in [5.41, 5.74) is 0.885. The summed E-state index contributed by atoms with van der Waals surface area (Å²) in [4.78, 5) is 0. The molecule has 0 aliphatic heterocycles. The molecule has 0 radical (unpaired) electrons. The monoisotopic (exact) mass is 310 g/mol. The van der Waals surface area contributed by atoms with Gasteiger partial charge in [-0.15, -0.1) is 0 Å². The van der Waals surface area contributed by atoms with Crippen molar-refractivity contribution in [2.45, 2.75) is 39.0 Å². The van der Waals surface area contributed by atoms with Gasteiger partial charge in [0.1, 0.15) is 0 Å². The normalized spacial score (nSPS) is 10.0. The first-order valence-electron chi connectivity index (χ1n) is 7.48. The Balaban J connectivity index is 2.34. The molecular weight excluding hydrogens is 284 g/mol. The maximum Gasteiger partial charge on any atom is 0.170 e. The van der Waals surface area contributed by atoms with Gasteiger partial charge in [0.2, 0.25) is 0 Å². The van der Waals surface area contributed by atoms with E-state index >= 15 is 0 Å². The Morgan fingerprint density at radius 3 is 2.43 bits per heavy atom. The minimum absolute atomic E-state index is 0.637. The fourth-order valence-electron chi connectivity index (χ4n) is 2.02. The summed E-state index contributed by atoms with van der Waals surface area (Å²) < 4.78 is 10.5. The van der Waals surface area contributed by atoms with Crippen LogP contribution in [0, 0.1) is 0 Å². The molecule has 0 heterocycles. The number of ether oxygens (including phenoxy) is 2. The zero-order valence-electron chi connectivity index (χ0n) is 13.2. The molecule has 0 aliphatic carbocycles. The SMILES string of the molecule is CCCCCCCNC(=S)Nc1ccc(OC)c(OC)c1. The maximum absolute atomic E-state index is 5.28. The minimum atomic E-state index is 0.637. The first-order valence-corrected chi connectivity index (χ1v) is 7.89. The zero-order chi connectivity index (χ0) is 15.5. The van der Waals surface area contributed by atoms with Gasteiger partial charge in [0.25, 0.3) is 0 Å². The van der Waals surface area contributed by atoms with Crippen molar-refractivity contribution < 1.29 is 9.47 Å². The largest absolute Gasteiger partial charge is 0.493 e. The van der Waals surface area contributed by atoms with Gasteiger partial charge in [-0.1, -0.05) is 32.6 Å². The highest BCUT2D eigenvalue weighted by Crippen LogP contribution is 2.29. The lowest BCUT2D eigenvalue weighted by molar-refractivity contribution is 0.355. The molecule has 1 rings (SSSR count). The van der Waals surface area contributed by atoms with Crippen molar-refractivity contribution in [3.8, 4) is 11.5 Å². The van der Waals surface area contributed by atoms with Crippen LogP contribution in [0.5, 0.6) is 11.5 Å². The molecule has 0 bridgehead atoms. The second kappa shape index (κ2) is 10.3. The van der Waals surface area contributed by atoms with Crippen LogP contribution in [-0.4, -0.2) is 25.9 Å². The fraction of sp³-hybridized carbons (Fsp3) is 0.562. The zero-order valence-corrected chi connectivity index (χ0v) is 14.0. The molecule has 0 aliphatic rings. The van der Waals surface area contributed by atoms with Crippen LogP contribution in [-0.2, 0) is 0 Å². The third kappa shape index (κ3) is 6.67. The third-order valence-corrected chi connectivity index (χ3v) is 3.45. The Morgan fingerprint density at radius 1 is 1.05 bits per heavy atom. The molecule has 0 atom stereocenters. The summed E-state index contributed by atoms with van der Waals surface area (Å²) in [5.74, 6) is 1.39. The molecule has 0 saturated heterocycles. The van der Waals surface area contributed by atoms with Gasteiger partial charge in [0.05, 0.1) is 14.2 Å². The fourth-order valence-corrected chi connectivity index (χ4v) is 2.24. The lowest BCUT2D eigenvalue weighted by atomic mass is 10.1. The molecule has 2 N–H and O–H groups in total. The number of unbranched alkanes of at least 4 members (excludes halogenated alkanes) is 4. The molecule has 1 aromatic rings. The van der Waals surface area contributed by atoms with Crippen LogP contribution in [0.25, 0.3) is 0 Å². The van der Waals surface area contributed by atoms with Crippen molar-refractivity contribution in [3.63, 3.8) is 0 Å². The number of thiocarbonyl (C=S) groups is 1. The van der Waals surface area contributed by atoms with Crippen molar-refractivity contribution in [1.29, 1.82) is 0 Å². The van der Waals surface area contributed by atoms with Crippen LogP contribution in [0.4, 0.5) is 5.69 Å². The van der Waals surface area contributed by atoms with E-state index in [9.17, 15) is 0 Å².